The molecule has 1 aromatic rings. The third-order valence-corrected chi connectivity index (χ3v) is 3.15. The molecule has 0 spiro atoms. The van der Waals surface area contributed by atoms with Crippen molar-refractivity contribution in [2.45, 2.75) is 25.1 Å². The Morgan fingerprint density at radius 2 is 2.20 bits per heavy atom. The number of hydrogen-bond donors (Lipinski definition) is 1. The van der Waals surface area contributed by atoms with Crippen molar-refractivity contribution in [3.63, 3.8) is 0 Å². The van der Waals surface area contributed by atoms with Gasteiger partial charge in [0.15, 0.2) is 0 Å². The molecule has 1 aromatic carbocycles. The molecule has 1 heterocycles. The minimum Gasteiger partial charge on any atom is -0.508 e. The molecule has 1 N–H and O–H groups in total. The molecule has 3 heteroatoms. The summed E-state index contributed by atoms with van der Waals surface area (Å²) in [5.41, 5.74) is 0.413. The van der Waals surface area contributed by atoms with E-state index in [1.165, 1.54) is 6.07 Å². The second-order valence-corrected chi connectivity index (χ2v) is 4.15. The van der Waals surface area contributed by atoms with Crippen LogP contribution in [0, 0.1) is 0 Å². The molecule has 1 aliphatic rings. The Morgan fingerprint density at radius 1 is 1.47 bits per heavy atom. The third kappa shape index (κ3) is 1.97. The predicted molar refractivity (Wildman–Crippen MR) is 57.6 cm³/mol. The first-order chi connectivity index (χ1) is 7.20. The smallest absolute Gasteiger partial charge is 0.144 e. The molecular formula is C12H16FNO. The van der Waals surface area contributed by atoms with Gasteiger partial charge in [-0.3, -0.25) is 0 Å². The van der Waals surface area contributed by atoms with E-state index in [0.29, 0.717) is 5.56 Å². The lowest BCUT2D eigenvalue weighted by atomic mass is 10.0. The molecule has 2 nitrogen and oxygen atoms in total. The maximum atomic E-state index is 14.1. The highest BCUT2D eigenvalue weighted by atomic mass is 19.1. The summed E-state index contributed by atoms with van der Waals surface area (Å²) in [4.78, 5) is 2.02. The van der Waals surface area contributed by atoms with E-state index >= 15 is 0 Å². The summed E-state index contributed by atoms with van der Waals surface area (Å²) in [7, 11) is 1.93. The van der Waals surface area contributed by atoms with E-state index in [4.69, 9.17) is 0 Å². The highest BCUT2D eigenvalue weighted by Gasteiger charge is 2.31. The number of phenolic OH excluding ortho intramolecular Hbond substituents is 1. The van der Waals surface area contributed by atoms with Crippen molar-refractivity contribution in [3.05, 3.63) is 29.8 Å². The van der Waals surface area contributed by atoms with Gasteiger partial charge in [0.25, 0.3) is 0 Å². The van der Waals surface area contributed by atoms with Gasteiger partial charge in [-0.05, 0) is 32.5 Å². The van der Waals surface area contributed by atoms with Crippen molar-refractivity contribution >= 4 is 0 Å². The Hall–Kier alpha value is -1.09. The summed E-state index contributed by atoms with van der Waals surface area (Å²) in [6.07, 6.45) is 0.819. The van der Waals surface area contributed by atoms with E-state index in [9.17, 15) is 9.50 Å². The molecule has 0 amide bonds. The molecule has 1 saturated heterocycles. The number of phenols is 1. The van der Waals surface area contributed by atoms with Crippen molar-refractivity contribution in [2.24, 2.45) is 0 Å². The zero-order valence-corrected chi connectivity index (χ0v) is 8.86. The molecule has 0 aliphatic carbocycles. The minimum atomic E-state index is -1.08. The van der Waals surface area contributed by atoms with Crippen LogP contribution in [0.5, 0.6) is 5.75 Å². The number of halogens is 1. The molecule has 0 bridgehead atoms. The zero-order valence-electron chi connectivity index (χ0n) is 8.86. The number of rotatable bonds is 2. The van der Waals surface area contributed by atoms with E-state index in [1.54, 1.807) is 18.2 Å². The summed E-state index contributed by atoms with van der Waals surface area (Å²) < 4.78 is 14.1. The summed E-state index contributed by atoms with van der Waals surface area (Å²) in [5.74, 6) is 0.0605. The van der Waals surface area contributed by atoms with Gasteiger partial charge in [0, 0.05) is 11.6 Å². The number of alkyl halides is 1. The largest absolute Gasteiger partial charge is 0.508 e. The topological polar surface area (TPSA) is 23.5 Å². The van der Waals surface area contributed by atoms with Crippen molar-refractivity contribution < 1.29 is 9.50 Å². The Kier molecular flexibility index (Phi) is 2.91. The SMILES string of the molecule is CN1CCCC1C(F)c1ccccc1O. The molecule has 2 unspecified atom stereocenters. The second-order valence-electron chi connectivity index (χ2n) is 4.15. The quantitative estimate of drug-likeness (QED) is 0.809. The average molecular weight is 209 g/mol. The number of nitrogens with zero attached hydrogens (tertiary/aromatic N) is 1. The van der Waals surface area contributed by atoms with Crippen molar-refractivity contribution in [1.29, 1.82) is 0 Å². The Bertz CT molecular complexity index is 342. The molecule has 2 rings (SSSR count). The molecule has 0 saturated carbocycles. The van der Waals surface area contributed by atoms with Crippen LogP contribution in [-0.4, -0.2) is 29.6 Å². The molecule has 2 atom stereocenters. The fraction of sp³-hybridized carbons (Fsp3) is 0.500. The predicted octanol–water partition coefficient (Wildman–Crippen LogP) is 2.50. The number of benzene rings is 1. The van der Waals surface area contributed by atoms with E-state index in [0.717, 1.165) is 19.4 Å². The Labute approximate surface area is 89.3 Å². The number of aromatic hydroxyl groups is 1. The van der Waals surface area contributed by atoms with Gasteiger partial charge < -0.3 is 10.0 Å². The lowest BCUT2D eigenvalue weighted by molar-refractivity contribution is 0.171. The first-order valence-corrected chi connectivity index (χ1v) is 5.32. The van der Waals surface area contributed by atoms with E-state index in [2.05, 4.69) is 0 Å². The van der Waals surface area contributed by atoms with Crippen molar-refractivity contribution in [3.8, 4) is 5.75 Å². The Morgan fingerprint density at radius 3 is 2.80 bits per heavy atom. The van der Waals surface area contributed by atoms with Crippen LogP contribution >= 0.6 is 0 Å². The second kappa shape index (κ2) is 4.19. The van der Waals surface area contributed by atoms with Crippen LogP contribution in [0.15, 0.2) is 24.3 Å². The molecule has 1 fully saturated rings. The third-order valence-electron chi connectivity index (χ3n) is 3.15. The van der Waals surface area contributed by atoms with Gasteiger partial charge in [-0.1, -0.05) is 18.2 Å². The van der Waals surface area contributed by atoms with Crippen LogP contribution in [0.4, 0.5) is 4.39 Å². The summed E-state index contributed by atoms with van der Waals surface area (Å²) in [6.45, 7) is 0.943. The summed E-state index contributed by atoms with van der Waals surface area (Å²) in [5, 5.41) is 9.57. The van der Waals surface area contributed by atoms with Crippen LogP contribution in [0.1, 0.15) is 24.6 Å². The number of likely N-dealkylation sites (N-methyl/N-ethyl adjacent to an activating group) is 1. The fourth-order valence-corrected chi connectivity index (χ4v) is 2.23. The van der Waals surface area contributed by atoms with Gasteiger partial charge in [-0.15, -0.1) is 0 Å². The first-order valence-electron chi connectivity index (χ1n) is 5.32. The number of hydrogen-bond acceptors (Lipinski definition) is 2. The summed E-state index contributed by atoms with van der Waals surface area (Å²) in [6, 6.07) is 6.59. The van der Waals surface area contributed by atoms with Crippen LogP contribution in [0.3, 0.4) is 0 Å². The molecule has 82 valence electrons. The number of para-hydroxylation sites is 1. The lowest BCUT2D eigenvalue weighted by Gasteiger charge is -2.23. The van der Waals surface area contributed by atoms with E-state index in [-0.39, 0.29) is 11.8 Å². The van der Waals surface area contributed by atoms with Crippen LogP contribution in [0.25, 0.3) is 0 Å². The van der Waals surface area contributed by atoms with E-state index < -0.39 is 6.17 Å². The van der Waals surface area contributed by atoms with Crippen LogP contribution < -0.4 is 0 Å². The van der Waals surface area contributed by atoms with Gasteiger partial charge in [0.05, 0.1) is 0 Å². The monoisotopic (exact) mass is 209 g/mol. The Balaban J connectivity index is 2.20. The maximum absolute atomic E-state index is 14.1. The lowest BCUT2D eigenvalue weighted by Crippen LogP contribution is -2.29. The molecule has 0 radical (unpaired) electrons. The standard InChI is InChI=1S/C12H16FNO/c1-14-8-4-6-10(14)12(13)9-5-2-3-7-11(9)15/h2-3,5,7,10,12,15H,4,6,8H2,1H3. The van der Waals surface area contributed by atoms with Gasteiger partial charge in [-0.2, -0.15) is 0 Å². The molecule has 15 heavy (non-hydrogen) atoms. The van der Waals surface area contributed by atoms with Gasteiger partial charge >= 0.3 is 0 Å². The first kappa shape index (κ1) is 10.4. The van der Waals surface area contributed by atoms with Gasteiger partial charge in [0.1, 0.15) is 11.9 Å². The van der Waals surface area contributed by atoms with Crippen molar-refractivity contribution in [2.75, 3.05) is 13.6 Å². The molecule has 1 aliphatic heterocycles. The summed E-state index contributed by atoms with van der Waals surface area (Å²) >= 11 is 0. The fourth-order valence-electron chi connectivity index (χ4n) is 2.23. The highest BCUT2D eigenvalue weighted by molar-refractivity contribution is 5.34. The maximum Gasteiger partial charge on any atom is 0.144 e. The van der Waals surface area contributed by atoms with Crippen LogP contribution in [-0.2, 0) is 0 Å². The highest BCUT2D eigenvalue weighted by Crippen LogP contribution is 2.35. The zero-order chi connectivity index (χ0) is 10.8. The normalized spacial score (nSPS) is 24.3. The number of likely N-dealkylation sites (tertiary alicyclic amines) is 1. The average Bonchev–Trinajstić information content (AvgIpc) is 2.64. The van der Waals surface area contributed by atoms with Gasteiger partial charge in [0.2, 0.25) is 0 Å². The van der Waals surface area contributed by atoms with Crippen molar-refractivity contribution in [1.82, 2.24) is 4.90 Å². The minimum absolute atomic E-state index is 0.0605. The van der Waals surface area contributed by atoms with Crippen LogP contribution in [0.2, 0.25) is 0 Å². The van der Waals surface area contributed by atoms with E-state index in [1.807, 2.05) is 11.9 Å². The van der Waals surface area contributed by atoms with Gasteiger partial charge in [-0.25, -0.2) is 4.39 Å². The molecular weight excluding hydrogens is 193 g/mol. The molecule has 0 aromatic heterocycles.